The molecule has 0 aliphatic carbocycles. The largest absolute Gasteiger partial charge is 0.197 e. The predicted molar refractivity (Wildman–Crippen MR) is 67.1 cm³/mol. The Morgan fingerprint density at radius 2 is 1.88 bits per heavy atom. The summed E-state index contributed by atoms with van der Waals surface area (Å²) < 4.78 is 1.83. The second kappa shape index (κ2) is 4.65. The molecule has 4 nitrogen and oxygen atoms in total. The van der Waals surface area contributed by atoms with E-state index in [0.717, 1.165) is 24.4 Å². The second-order valence-electron chi connectivity index (χ2n) is 4.88. The second-order valence-corrected chi connectivity index (χ2v) is 4.88. The Morgan fingerprint density at radius 3 is 2.53 bits per heavy atom. The lowest BCUT2D eigenvalue weighted by molar-refractivity contribution is 0.433. The molecule has 0 bridgehead atoms. The van der Waals surface area contributed by atoms with Gasteiger partial charge in [0.25, 0.3) is 0 Å². The van der Waals surface area contributed by atoms with Crippen LogP contribution in [0.3, 0.4) is 0 Å². The van der Waals surface area contributed by atoms with Gasteiger partial charge in [-0.2, -0.15) is 4.68 Å². The van der Waals surface area contributed by atoms with E-state index < -0.39 is 0 Å². The molecule has 0 saturated carbocycles. The highest BCUT2D eigenvalue weighted by Crippen LogP contribution is 2.27. The third kappa shape index (κ3) is 2.35. The lowest BCUT2D eigenvalue weighted by Crippen LogP contribution is -2.22. The quantitative estimate of drug-likeness (QED) is 0.811. The van der Waals surface area contributed by atoms with Crippen LogP contribution in [0.25, 0.3) is 5.69 Å². The number of hydrogen-bond donors (Lipinski definition) is 0. The van der Waals surface area contributed by atoms with Crippen molar-refractivity contribution in [2.24, 2.45) is 0 Å². The van der Waals surface area contributed by atoms with Crippen molar-refractivity contribution >= 4 is 0 Å². The van der Waals surface area contributed by atoms with Crippen molar-refractivity contribution in [2.75, 3.05) is 0 Å². The fourth-order valence-electron chi connectivity index (χ4n) is 2.09. The molecule has 0 unspecified atom stereocenters. The van der Waals surface area contributed by atoms with Gasteiger partial charge in [0.15, 0.2) is 5.82 Å². The summed E-state index contributed by atoms with van der Waals surface area (Å²) >= 11 is 0. The van der Waals surface area contributed by atoms with Crippen LogP contribution >= 0.6 is 0 Å². The van der Waals surface area contributed by atoms with Crippen molar-refractivity contribution in [3.05, 3.63) is 36.2 Å². The van der Waals surface area contributed by atoms with E-state index in [1.807, 2.05) is 35.0 Å². The lowest BCUT2D eigenvalue weighted by Gasteiger charge is -2.22. The summed E-state index contributed by atoms with van der Waals surface area (Å²) in [4.78, 5) is 0. The SMILES string of the molecule is CCCC(C)(C)c1nnnn1-c1ccccc1. The zero-order chi connectivity index (χ0) is 12.3. The average Bonchev–Trinajstić information content (AvgIpc) is 2.79. The molecule has 17 heavy (non-hydrogen) atoms. The van der Waals surface area contributed by atoms with E-state index in [2.05, 4.69) is 36.3 Å². The lowest BCUT2D eigenvalue weighted by atomic mass is 9.87. The third-order valence-electron chi connectivity index (χ3n) is 2.95. The molecule has 0 aliphatic heterocycles. The van der Waals surface area contributed by atoms with Gasteiger partial charge in [-0.05, 0) is 29.0 Å². The van der Waals surface area contributed by atoms with Gasteiger partial charge in [-0.1, -0.05) is 45.4 Å². The number of benzene rings is 1. The van der Waals surface area contributed by atoms with Crippen molar-refractivity contribution < 1.29 is 0 Å². The van der Waals surface area contributed by atoms with Crippen LogP contribution in [-0.4, -0.2) is 20.2 Å². The zero-order valence-corrected chi connectivity index (χ0v) is 10.6. The number of tetrazole rings is 1. The highest BCUT2D eigenvalue weighted by molar-refractivity contribution is 5.31. The van der Waals surface area contributed by atoms with Crippen molar-refractivity contribution in [2.45, 2.75) is 39.0 Å². The number of aromatic nitrogens is 4. The topological polar surface area (TPSA) is 43.6 Å². The van der Waals surface area contributed by atoms with Gasteiger partial charge in [0.2, 0.25) is 0 Å². The first-order valence-corrected chi connectivity index (χ1v) is 5.99. The molecule has 0 aliphatic rings. The maximum atomic E-state index is 4.18. The Morgan fingerprint density at radius 1 is 1.18 bits per heavy atom. The summed E-state index contributed by atoms with van der Waals surface area (Å²) in [6.07, 6.45) is 2.19. The summed E-state index contributed by atoms with van der Waals surface area (Å²) in [7, 11) is 0. The molecule has 90 valence electrons. The van der Waals surface area contributed by atoms with E-state index >= 15 is 0 Å². The summed E-state index contributed by atoms with van der Waals surface area (Å²) in [5.74, 6) is 0.922. The standard InChI is InChI=1S/C13H18N4/c1-4-10-13(2,3)12-14-15-16-17(12)11-8-6-5-7-9-11/h5-9H,4,10H2,1-3H3. The van der Waals surface area contributed by atoms with Gasteiger partial charge in [-0.3, -0.25) is 0 Å². The number of para-hydroxylation sites is 1. The van der Waals surface area contributed by atoms with E-state index in [-0.39, 0.29) is 5.41 Å². The van der Waals surface area contributed by atoms with Crippen molar-refractivity contribution in [1.29, 1.82) is 0 Å². The molecule has 0 atom stereocenters. The van der Waals surface area contributed by atoms with E-state index in [4.69, 9.17) is 0 Å². The first-order chi connectivity index (χ1) is 8.15. The van der Waals surface area contributed by atoms with Gasteiger partial charge in [0, 0.05) is 5.41 Å². The highest BCUT2D eigenvalue weighted by Gasteiger charge is 2.26. The number of hydrogen-bond acceptors (Lipinski definition) is 3. The zero-order valence-electron chi connectivity index (χ0n) is 10.6. The van der Waals surface area contributed by atoms with Crippen molar-refractivity contribution in [1.82, 2.24) is 20.2 Å². The molecule has 0 spiro atoms. The molecule has 2 rings (SSSR count). The fourth-order valence-corrected chi connectivity index (χ4v) is 2.09. The minimum absolute atomic E-state index is 0.00586. The molecule has 1 aromatic carbocycles. The summed E-state index contributed by atoms with van der Waals surface area (Å²) in [5, 5.41) is 12.1. The van der Waals surface area contributed by atoms with E-state index in [0.29, 0.717) is 0 Å². The van der Waals surface area contributed by atoms with E-state index in [1.54, 1.807) is 0 Å². The van der Waals surface area contributed by atoms with Gasteiger partial charge in [-0.25, -0.2) is 0 Å². The van der Waals surface area contributed by atoms with Gasteiger partial charge < -0.3 is 0 Å². The maximum absolute atomic E-state index is 4.18. The average molecular weight is 230 g/mol. The normalized spacial score (nSPS) is 11.7. The summed E-state index contributed by atoms with van der Waals surface area (Å²) in [6.45, 7) is 6.54. The van der Waals surface area contributed by atoms with Gasteiger partial charge in [0.1, 0.15) is 0 Å². The summed E-state index contributed by atoms with van der Waals surface area (Å²) in [6, 6.07) is 10.0. The Balaban J connectivity index is 2.42. The van der Waals surface area contributed by atoms with E-state index in [9.17, 15) is 0 Å². The molecule has 2 aromatic rings. The molecule has 0 amide bonds. The van der Waals surface area contributed by atoms with Crippen molar-refractivity contribution in [3.63, 3.8) is 0 Å². The Hall–Kier alpha value is -1.71. The number of nitrogens with zero attached hydrogens (tertiary/aromatic N) is 4. The Bertz CT molecular complexity index is 473. The van der Waals surface area contributed by atoms with Crippen LogP contribution in [-0.2, 0) is 5.41 Å². The third-order valence-corrected chi connectivity index (χ3v) is 2.95. The molecule has 0 saturated heterocycles. The predicted octanol–water partition coefficient (Wildman–Crippen LogP) is 2.74. The monoisotopic (exact) mass is 230 g/mol. The van der Waals surface area contributed by atoms with Crippen molar-refractivity contribution in [3.8, 4) is 5.69 Å². The molecule has 1 heterocycles. The molecule has 4 heteroatoms. The van der Waals surface area contributed by atoms with Gasteiger partial charge in [0.05, 0.1) is 5.69 Å². The molecule has 1 aromatic heterocycles. The Labute approximate surface area is 102 Å². The van der Waals surface area contributed by atoms with Crippen LogP contribution in [0.5, 0.6) is 0 Å². The van der Waals surface area contributed by atoms with Crippen LogP contribution in [0.4, 0.5) is 0 Å². The molecular weight excluding hydrogens is 212 g/mol. The summed E-state index contributed by atoms with van der Waals surface area (Å²) in [5.41, 5.74) is 1.00. The Kier molecular flexibility index (Phi) is 3.22. The first kappa shape index (κ1) is 11.8. The first-order valence-electron chi connectivity index (χ1n) is 5.99. The van der Waals surface area contributed by atoms with Crippen LogP contribution in [0.2, 0.25) is 0 Å². The van der Waals surface area contributed by atoms with Gasteiger partial charge >= 0.3 is 0 Å². The molecule has 0 N–H and O–H groups in total. The minimum atomic E-state index is -0.00586. The molecular formula is C13H18N4. The van der Waals surface area contributed by atoms with Crippen LogP contribution in [0.15, 0.2) is 30.3 Å². The van der Waals surface area contributed by atoms with E-state index in [1.165, 1.54) is 0 Å². The van der Waals surface area contributed by atoms with Crippen LogP contribution < -0.4 is 0 Å². The fraction of sp³-hybridized carbons (Fsp3) is 0.462. The molecule has 0 fully saturated rings. The highest BCUT2D eigenvalue weighted by atomic mass is 15.5. The minimum Gasteiger partial charge on any atom is -0.197 e. The maximum Gasteiger partial charge on any atom is 0.162 e. The van der Waals surface area contributed by atoms with Crippen LogP contribution in [0, 0.1) is 0 Å². The van der Waals surface area contributed by atoms with Gasteiger partial charge in [-0.15, -0.1) is 5.10 Å². The number of rotatable bonds is 4. The molecule has 0 radical (unpaired) electrons. The van der Waals surface area contributed by atoms with Crippen LogP contribution in [0.1, 0.15) is 39.4 Å². The smallest absolute Gasteiger partial charge is 0.162 e.